The first-order valence-electron chi connectivity index (χ1n) is 16.1. The lowest BCUT2D eigenvalue weighted by Crippen LogP contribution is -2.21. The Morgan fingerprint density at radius 1 is 0.553 bits per heavy atom. The van der Waals surface area contributed by atoms with Crippen LogP contribution in [0.25, 0.3) is 76.5 Å². The van der Waals surface area contributed by atoms with Gasteiger partial charge in [-0.2, -0.15) is 0 Å². The molecule has 47 heavy (non-hydrogen) atoms. The first kappa shape index (κ1) is 27.8. The van der Waals surface area contributed by atoms with Gasteiger partial charge in [-0.25, -0.2) is 0 Å². The molecule has 7 aromatic carbocycles. The predicted octanol–water partition coefficient (Wildman–Crippen LogP) is 13.0. The minimum Gasteiger partial charge on any atom is -0.456 e. The van der Waals surface area contributed by atoms with Crippen molar-refractivity contribution in [2.75, 3.05) is 0 Å². The fourth-order valence-electron chi connectivity index (χ4n) is 7.36. The fraction of sp³-hybridized carbons (Fsp3) is 0.0667. The SMILES string of the molecule is C=Cc1c(C2=CC(C)(C)c3cc(-c4ccc(-c5ccc6c7ccccc7c7ccccc7c6c5)cc4)ccc3O2)sc2ccccc12. The van der Waals surface area contributed by atoms with E-state index < -0.39 is 0 Å². The lowest BCUT2D eigenvalue weighted by molar-refractivity contribution is 0.463. The summed E-state index contributed by atoms with van der Waals surface area (Å²) in [6.07, 6.45) is 4.22. The Hall–Kier alpha value is -5.44. The molecule has 0 fully saturated rings. The molecule has 2 heterocycles. The Bertz CT molecular complexity index is 2540. The average molecular weight is 621 g/mol. The van der Waals surface area contributed by atoms with E-state index in [9.17, 15) is 0 Å². The largest absolute Gasteiger partial charge is 0.456 e. The van der Waals surface area contributed by atoms with Crippen LogP contribution in [0.2, 0.25) is 0 Å². The lowest BCUT2D eigenvalue weighted by atomic mass is 9.80. The molecule has 0 saturated heterocycles. The van der Waals surface area contributed by atoms with Crippen LogP contribution in [0.15, 0.2) is 146 Å². The molecule has 0 radical (unpaired) electrons. The minimum atomic E-state index is -0.203. The second-order valence-corrected chi connectivity index (χ2v) is 14.1. The Labute approximate surface area is 278 Å². The van der Waals surface area contributed by atoms with Crippen LogP contribution in [0.3, 0.4) is 0 Å². The van der Waals surface area contributed by atoms with Gasteiger partial charge in [0.05, 0.1) is 4.88 Å². The second kappa shape index (κ2) is 10.6. The Kier molecular flexibility index (Phi) is 6.25. The normalized spacial score (nSPS) is 13.9. The molecule has 0 amide bonds. The van der Waals surface area contributed by atoms with Gasteiger partial charge in [0.15, 0.2) is 0 Å². The van der Waals surface area contributed by atoms with Crippen LogP contribution in [0, 0.1) is 0 Å². The zero-order valence-electron chi connectivity index (χ0n) is 26.4. The molecule has 0 N–H and O–H groups in total. The monoisotopic (exact) mass is 620 g/mol. The van der Waals surface area contributed by atoms with Gasteiger partial charge in [-0.05, 0) is 84.9 Å². The summed E-state index contributed by atoms with van der Waals surface area (Å²) in [6, 6.07) is 48.5. The summed E-state index contributed by atoms with van der Waals surface area (Å²) in [5, 5.41) is 9.01. The Morgan fingerprint density at radius 3 is 1.70 bits per heavy atom. The van der Waals surface area contributed by atoms with Crippen molar-refractivity contribution in [2.24, 2.45) is 0 Å². The van der Waals surface area contributed by atoms with Crippen molar-refractivity contribution < 1.29 is 4.74 Å². The number of benzene rings is 7. The van der Waals surface area contributed by atoms with Gasteiger partial charge in [0.25, 0.3) is 0 Å². The van der Waals surface area contributed by atoms with E-state index in [1.54, 1.807) is 11.3 Å². The second-order valence-electron chi connectivity index (χ2n) is 13.0. The number of rotatable bonds is 4. The molecule has 9 rings (SSSR count). The lowest BCUT2D eigenvalue weighted by Gasteiger charge is -2.31. The highest BCUT2D eigenvalue weighted by atomic mass is 32.1. The van der Waals surface area contributed by atoms with Gasteiger partial charge in [0.1, 0.15) is 11.5 Å². The average Bonchev–Trinajstić information content (AvgIpc) is 3.50. The van der Waals surface area contributed by atoms with Crippen LogP contribution >= 0.6 is 11.3 Å². The summed E-state index contributed by atoms with van der Waals surface area (Å²) in [4.78, 5) is 1.13. The zero-order chi connectivity index (χ0) is 31.7. The van der Waals surface area contributed by atoms with Crippen LogP contribution in [-0.4, -0.2) is 0 Å². The third-order valence-corrected chi connectivity index (χ3v) is 10.9. The van der Waals surface area contributed by atoms with Crippen molar-refractivity contribution >= 4 is 65.6 Å². The summed E-state index contributed by atoms with van der Waals surface area (Å²) in [6.45, 7) is 8.67. The van der Waals surface area contributed by atoms with E-state index in [1.165, 1.54) is 70.2 Å². The molecule has 8 aromatic rings. The third-order valence-electron chi connectivity index (χ3n) is 9.74. The van der Waals surface area contributed by atoms with E-state index in [4.69, 9.17) is 4.74 Å². The van der Waals surface area contributed by atoms with E-state index in [0.717, 1.165) is 21.9 Å². The molecular weight excluding hydrogens is 589 g/mol. The Balaban J connectivity index is 1.06. The molecule has 1 aromatic heterocycles. The topological polar surface area (TPSA) is 9.23 Å². The van der Waals surface area contributed by atoms with E-state index >= 15 is 0 Å². The van der Waals surface area contributed by atoms with Crippen molar-refractivity contribution in [2.45, 2.75) is 19.3 Å². The molecular formula is C45H32OS. The number of hydrogen-bond donors (Lipinski definition) is 0. The van der Waals surface area contributed by atoms with E-state index in [2.05, 4.69) is 160 Å². The maximum atomic E-state index is 6.61. The van der Waals surface area contributed by atoms with Crippen molar-refractivity contribution in [1.82, 2.24) is 0 Å². The van der Waals surface area contributed by atoms with Gasteiger partial charge in [-0.3, -0.25) is 0 Å². The van der Waals surface area contributed by atoms with E-state index in [0.29, 0.717) is 0 Å². The summed E-state index contributed by atoms with van der Waals surface area (Å²) < 4.78 is 7.85. The summed E-state index contributed by atoms with van der Waals surface area (Å²) in [5.41, 5.74) is 6.95. The minimum absolute atomic E-state index is 0.203. The van der Waals surface area contributed by atoms with Gasteiger partial charge in [0, 0.05) is 26.6 Å². The van der Waals surface area contributed by atoms with Crippen LogP contribution in [0.4, 0.5) is 0 Å². The number of ether oxygens (including phenoxy) is 1. The summed E-state index contributed by atoms with van der Waals surface area (Å²) in [5.74, 6) is 1.82. The quantitative estimate of drug-likeness (QED) is 0.178. The van der Waals surface area contributed by atoms with Crippen molar-refractivity contribution in [1.29, 1.82) is 0 Å². The van der Waals surface area contributed by atoms with Gasteiger partial charge in [0.2, 0.25) is 0 Å². The molecule has 0 spiro atoms. The molecule has 224 valence electrons. The predicted molar refractivity (Wildman–Crippen MR) is 203 cm³/mol. The molecule has 0 saturated carbocycles. The maximum Gasteiger partial charge on any atom is 0.142 e. The van der Waals surface area contributed by atoms with Crippen LogP contribution in [-0.2, 0) is 5.41 Å². The smallest absolute Gasteiger partial charge is 0.142 e. The molecule has 0 atom stereocenters. The number of allylic oxidation sites excluding steroid dienone is 1. The van der Waals surface area contributed by atoms with Gasteiger partial charge >= 0.3 is 0 Å². The molecule has 0 bridgehead atoms. The van der Waals surface area contributed by atoms with E-state index in [1.807, 2.05) is 6.08 Å². The van der Waals surface area contributed by atoms with Gasteiger partial charge < -0.3 is 4.74 Å². The zero-order valence-corrected chi connectivity index (χ0v) is 27.2. The van der Waals surface area contributed by atoms with Crippen LogP contribution < -0.4 is 4.74 Å². The van der Waals surface area contributed by atoms with Gasteiger partial charge in [-0.1, -0.05) is 136 Å². The molecule has 1 aliphatic rings. The summed E-state index contributed by atoms with van der Waals surface area (Å²) >= 11 is 1.77. The number of thiophene rings is 1. The fourth-order valence-corrected chi connectivity index (χ4v) is 8.52. The van der Waals surface area contributed by atoms with Gasteiger partial charge in [-0.15, -0.1) is 11.3 Å². The van der Waals surface area contributed by atoms with E-state index in [-0.39, 0.29) is 5.41 Å². The maximum absolute atomic E-state index is 6.61. The third kappa shape index (κ3) is 4.44. The molecule has 1 aliphatic heterocycles. The van der Waals surface area contributed by atoms with Crippen LogP contribution in [0.1, 0.15) is 29.9 Å². The molecule has 0 unspecified atom stereocenters. The highest BCUT2D eigenvalue weighted by Crippen LogP contribution is 2.46. The van der Waals surface area contributed by atoms with Crippen molar-refractivity contribution in [3.05, 3.63) is 162 Å². The number of hydrogen-bond acceptors (Lipinski definition) is 2. The molecule has 2 heteroatoms. The first-order chi connectivity index (χ1) is 23.0. The van der Waals surface area contributed by atoms with Crippen molar-refractivity contribution in [3.8, 4) is 28.0 Å². The first-order valence-corrected chi connectivity index (χ1v) is 16.9. The van der Waals surface area contributed by atoms with Crippen molar-refractivity contribution in [3.63, 3.8) is 0 Å². The number of fused-ring (bicyclic) bond motifs is 8. The van der Waals surface area contributed by atoms with Crippen LogP contribution in [0.5, 0.6) is 5.75 Å². The molecule has 1 nitrogen and oxygen atoms in total. The molecule has 0 aliphatic carbocycles. The highest BCUT2D eigenvalue weighted by molar-refractivity contribution is 7.20. The Morgan fingerprint density at radius 2 is 1.06 bits per heavy atom. The standard InChI is InChI=1S/C45H32OS/c1-4-32-38-15-9-10-16-43(38)47-44(32)42-27-45(2,3)40-26-31(22-24-41(40)46-42)29-19-17-28(18-20-29)30-21-23-37-35-13-6-5-11-33(35)34-12-7-8-14-36(34)39(37)25-30/h4-27H,1H2,2-3H3. The highest BCUT2D eigenvalue weighted by Gasteiger charge is 2.31. The summed E-state index contributed by atoms with van der Waals surface area (Å²) in [7, 11) is 0.